The first-order valence-corrected chi connectivity index (χ1v) is 9.00. The Labute approximate surface area is 148 Å². The third-order valence-corrected chi connectivity index (χ3v) is 5.05. The molecule has 7 nitrogen and oxygen atoms in total. The molecule has 3 aromatic heterocycles. The highest BCUT2D eigenvalue weighted by Gasteiger charge is 2.26. The van der Waals surface area contributed by atoms with Crippen LogP contribution in [0.2, 0.25) is 0 Å². The average Bonchev–Trinajstić information content (AvgIpc) is 3.34. The number of amides is 1. The molecule has 3 aromatic rings. The van der Waals surface area contributed by atoms with E-state index in [4.69, 9.17) is 4.74 Å². The second-order valence-corrected chi connectivity index (χ2v) is 6.76. The number of piperidine rings is 1. The number of H-pyrrole nitrogens is 1. The molecule has 0 spiro atoms. The second-order valence-electron chi connectivity index (χ2n) is 5.82. The van der Waals surface area contributed by atoms with Crippen molar-refractivity contribution in [2.75, 3.05) is 13.1 Å². The van der Waals surface area contributed by atoms with Gasteiger partial charge in [-0.15, -0.1) is 16.4 Å². The quantitative estimate of drug-likeness (QED) is 0.778. The Morgan fingerprint density at radius 2 is 2.16 bits per heavy atom. The Hall–Kier alpha value is -2.74. The number of nitrogens with zero attached hydrogens (tertiary/aromatic N) is 4. The van der Waals surface area contributed by atoms with E-state index in [0.29, 0.717) is 24.7 Å². The summed E-state index contributed by atoms with van der Waals surface area (Å²) in [6.45, 7) is 1.29. The summed E-state index contributed by atoms with van der Waals surface area (Å²) < 4.78 is 5.81. The molecule has 1 fully saturated rings. The van der Waals surface area contributed by atoms with Crippen molar-refractivity contribution < 1.29 is 9.53 Å². The van der Waals surface area contributed by atoms with Crippen LogP contribution in [-0.2, 0) is 0 Å². The van der Waals surface area contributed by atoms with E-state index in [1.807, 2.05) is 28.5 Å². The lowest BCUT2D eigenvalue weighted by atomic mass is 10.1. The zero-order chi connectivity index (χ0) is 17.1. The first-order chi connectivity index (χ1) is 12.3. The van der Waals surface area contributed by atoms with Gasteiger partial charge in [0, 0.05) is 38.2 Å². The molecule has 4 heterocycles. The fourth-order valence-electron chi connectivity index (χ4n) is 2.85. The Morgan fingerprint density at radius 1 is 1.28 bits per heavy atom. The van der Waals surface area contributed by atoms with Crippen molar-refractivity contribution >= 4 is 17.2 Å². The van der Waals surface area contributed by atoms with Gasteiger partial charge in [0.15, 0.2) is 5.69 Å². The van der Waals surface area contributed by atoms with Crippen molar-refractivity contribution in [3.63, 3.8) is 0 Å². The van der Waals surface area contributed by atoms with E-state index in [9.17, 15) is 4.79 Å². The summed E-state index contributed by atoms with van der Waals surface area (Å²) in [5, 5.41) is 16.9. The molecule has 0 saturated carbocycles. The molecule has 1 amide bonds. The van der Waals surface area contributed by atoms with Gasteiger partial charge < -0.3 is 9.64 Å². The van der Waals surface area contributed by atoms with E-state index in [2.05, 4.69) is 20.4 Å². The molecule has 0 bridgehead atoms. The molecule has 1 saturated heterocycles. The van der Waals surface area contributed by atoms with E-state index in [0.717, 1.165) is 23.4 Å². The van der Waals surface area contributed by atoms with Gasteiger partial charge in [0.25, 0.3) is 5.91 Å². The number of likely N-dealkylation sites (tertiary alicyclic amines) is 1. The van der Waals surface area contributed by atoms with Crippen molar-refractivity contribution in [2.24, 2.45) is 0 Å². The normalized spacial score (nSPS) is 15.3. The molecular weight excluding hydrogens is 338 g/mol. The van der Waals surface area contributed by atoms with Crippen LogP contribution in [0.25, 0.3) is 10.6 Å². The minimum Gasteiger partial charge on any atom is -0.473 e. The van der Waals surface area contributed by atoms with Crippen LogP contribution in [0.4, 0.5) is 0 Å². The number of aromatic amines is 1. The van der Waals surface area contributed by atoms with Gasteiger partial charge in [-0.05, 0) is 23.6 Å². The number of aromatic nitrogens is 4. The molecule has 0 aliphatic carbocycles. The topological polar surface area (TPSA) is 84.0 Å². The van der Waals surface area contributed by atoms with Gasteiger partial charge in [-0.3, -0.25) is 9.89 Å². The van der Waals surface area contributed by atoms with Crippen molar-refractivity contribution in [3.05, 3.63) is 47.6 Å². The summed E-state index contributed by atoms with van der Waals surface area (Å²) in [7, 11) is 0. The van der Waals surface area contributed by atoms with Crippen LogP contribution < -0.4 is 4.74 Å². The maximum absolute atomic E-state index is 12.6. The maximum Gasteiger partial charge on any atom is 0.274 e. The van der Waals surface area contributed by atoms with E-state index >= 15 is 0 Å². The summed E-state index contributed by atoms with van der Waals surface area (Å²) in [6, 6.07) is 9.38. The second kappa shape index (κ2) is 7.02. The molecule has 1 N–H and O–H groups in total. The van der Waals surface area contributed by atoms with Crippen molar-refractivity contribution in [2.45, 2.75) is 18.9 Å². The van der Waals surface area contributed by atoms with E-state index in [-0.39, 0.29) is 12.0 Å². The zero-order valence-electron chi connectivity index (χ0n) is 13.5. The maximum atomic E-state index is 12.6. The van der Waals surface area contributed by atoms with Crippen LogP contribution >= 0.6 is 11.3 Å². The predicted octanol–water partition coefficient (Wildman–Crippen LogP) is 2.61. The largest absolute Gasteiger partial charge is 0.473 e. The SMILES string of the molecule is O=C(c1cc(-c2cccs2)[nH]n1)N1CCC(Oc2cccnn2)CC1. The number of hydrogen-bond donors (Lipinski definition) is 1. The average molecular weight is 355 g/mol. The van der Waals surface area contributed by atoms with E-state index in [1.165, 1.54) is 0 Å². The summed E-state index contributed by atoms with van der Waals surface area (Å²) in [4.78, 5) is 15.5. The monoisotopic (exact) mass is 355 g/mol. The smallest absolute Gasteiger partial charge is 0.274 e. The van der Waals surface area contributed by atoms with Crippen LogP contribution in [0.15, 0.2) is 41.9 Å². The van der Waals surface area contributed by atoms with E-state index < -0.39 is 0 Å². The molecule has 128 valence electrons. The van der Waals surface area contributed by atoms with Crippen LogP contribution in [0.5, 0.6) is 5.88 Å². The first kappa shape index (κ1) is 15.8. The molecule has 0 atom stereocenters. The molecule has 8 heteroatoms. The van der Waals surface area contributed by atoms with Crippen LogP contribution in [0.3, 0.4) is 0 Å². The third kappa shape index (κ3) is 3.53. The highest BCUT2D eigenvalue weighted by molar-refractivity contribution is 7.13. The summed E-state index contributed by atoms with van der Waals surface area (Å²) in [5.41, 5.74) is 1.33. The number of hydrogen-bond acceptors (Lipinski definition) is 6. The summed E-state index contributed by atoms with van der Waals surface area (Å²) >= 11 is 1.61. The number of nitrogens with one attached hydrogen (secondary N) is 1. The van der Waals surface area contributed by atoms with Gasteiger partial charge in [-0.25, -0.2) is 0 Å². The standard InChI is InChI=1S/C17H17N5O2S/c23-17(14-11-13(19-20-14)15-3-2-10-25-15)22-8-5-12(6-9-22)24-16-4-1-7-18-21-16/h1-4,7,10-12H,5-6,8-9H2,(H,19,20). The minimum absolute atomic E-state index is 0.0444. The molecular formula is C17H17N5O2S. The van der Waals surface area contributed by atoms with Gasteiger partial charge in [-0.1, -0.05) is 6.07 Å². The van der Waals surface area contributed by atoms with Gasteiger partial charge in [0.05, 0.1) is 10.6 Å². The zero-order valence-corrected chi connectivity index (χ0v) is 14.3. The molecule has 4 rings (SSSR count). The molecule has 25 heavy (non-hydrogen) atoms. The molecule has 0 aromatic carbocycles. The fraction of sp³-hybridized carbons (Fsp3) is 0.294. The predicted molar refractivity (Wildman–Crippen MR) is 93.5 cm³/mol. The summed E-state index contributed by atoms with van der Waals surface area (Å²) in [6.07, 6.45) is 3.21. The Morgan fingerprint density at radius 3 is 2.88 bits per heavy atom. The van der Waals surface area contributed by atoms with Gasteiger partial charge >= 0.3 is 0 Å². The van der Waals surface area contributed by atoms with Crippen molar-refractivity contribution in [3.8, 4) is 16.5 Å². The van der Waals surface area contributed by atoms with Gasteiger partial charge in [-0.2, -0.15) is 10.2 Å². The van der Waals surface area contributed by atoms with E-state index in [1.54, 1.807) is 29.7 Å². The van der Waals surface area contributed by atoms with Gasteiger partial charge in [0.2, 0.25) is 5.88 Å². The van der Waals surface area contributed by atoms with Crippen LogP contribution in [0.1, 0.15) is 23.3 Å². The highest BCUT2D eigenvalue weighted by Crippen LogP contribution is 2.24. The Balaban J connectivity index is 1.35. The van der Waals surface area contributed by atoms with Gasteiger partial charge in [0.1, 0.15) is 6.10 Å². The number of carbonyl (C=O) groups is 1. The Kier molecular flexibility index (Phi) is 4.43. The minimum atomic E-state index is -0.0444. The van der Waals surface area contributed by atoms with Crippen LogP contribution in [0, 0.1) is 0 Å². The van der Waals surface area contributed by atoms with Crippen molar-refractivity contribution in [1.29, 1.82) is 0 Å². The van der Waals surface area contributed by atoms with Crippen molar-refractivity contribution in [1.82, 2.24) is 25.3 Å². The molecule has 0 radical (unpaired) electrons. The first-order valence-electron chi connectivity index (χ1n) is 8.12. The molecule has 0 unspecified atom stereocenters. The third-order valence-electron chi connectivity index (χ3n) is 4.15. The molecule has 1 aliphatic heterocycles. The number of ether oxygens (including phenoxy) is 1. The fourth-order valence-corrected chi connectivity index (χ4v) is 3.54. The number of carbonyl (C=O) groups excluding carboxylic acids is 1. The lowest BCUT2D eigenvalue weighted by Gasteiger charge is -2.31. The lowest BCUT2D eigenvalue weighted by molar-refractivity contribution is 0.0580. The number of thiophene rings is 1. The highest BCUT2D eigenvalue weighted by atomic mass is 32.1. The number of rotatable bonds is 4. The molecule has 1 aliphatic rings. The Bertz CT molecular complexity index is 826. The lowest BCUT2D eigenvalue weighted by Crippen LogP contribution is -2.42. The van der Waals surface area contributed by atoms with Crippen LogP contribution in [-0.4, -0.2) is 50.4 Å². The summed E-state index contributed by atoms with van der Waals surface area (Å²) in [5.74, 6) is 0.483.